The molecule has 0 spiro atoms. The summed E-state index contributed by atoms with van der Waals surface area (Å²) in [5.74, 6) is -0.454. The van der Waals surface area contributed by atoms with Crippen LogP contribution in [0.4, 0.5) is 4.39 Å². The minimum atomic E-state index is -0.338. The van der Waals surface area contributed by atoms with Crippen molar-refractivity contribution in [3.05, 3.63) is 79.4 Å². The second kappa shape index (κ2) is 5.95. The summed E-state index contributed by atoms with van der Waals surface area (Å²) in [6.07, 6.45) is 4.36. The molecular formula is C16H10FNO3S. The van der Waals surface area contributed by atoms with Gasteiger partial charge in [-0.3, -0.25) is 9.59 Å². The minimum absolute atomic E-state index is 0.207. The molecule has 1 aromatic carbocycles. The molecule has 4 nitrogen and oxygen atoms in total. The predicted molar refractivity (Wildman–Crippen MR) is 81.7 cm³/mol. The Bertz CT molecular complexity index is 966. The summed E-state index contributed by atoms with van der Waals surface area (Å²) in [4.78, 5) is 26.4. The zero-order chi connectivity index (χ0) is 15.5. The molecule has 2 aromatic heterocycles. The van der Waals surface area contributed by atoms with E-state index in [0.717, 1.165) is 11.3 Å². The van der Waals surface area contributed by atoms with Crippen molar-refractivity contribution in [1.29, 1.82) is 0 Å². The molecule has 0 aliphatic rings. The third-order valence-corrected chi connectivity index (χ3v) is 3.84. The fraction of sp³-hybridized carbons (Fsp3) is 0. The van der Waals surface area contributed by atoms with Gasteiger partial charge in [0.05, 0.1) is 15.5 Å². The second-order valence-electron chi connectivity index (χ2n) is 4.47. The number of ketones is 1. The van der Waals surface area contributed by atoms with E-state index < -0.39 is 0 Å². The van der Waals surface area contributed by atoms with Crippen LogP contribution in [0, 0.1) is 5.82 Å². The number of Topliss-reactive ketones (excluding diaryl/α,β-unsaturated/α-hetero) is 1. The first-order valence-electron chi connectivity index (χ1n) is 6.38. The van der Waals surface area contributed by atoms with Crippen LogP contribution in [0.25, 0.3) is 12.2 Å². The molecule has 0 saturated carbocycles. The molecule has 0 fully saturated rings. The third kappa shape index (κ3) is 3.12. The SMILES string of the molecule is O=C(/C=c1/[nH]c(=O)/c(=C\c2ccc(F)cc2)s1)c1ccco1. The average molecular weight is 315 g/mol. The van der Waals surface area contributed by atoms with Crippen molar-refractivity contribution in [2.24, 2.45) is 0 Å². The number of hydrogen-bond acceptors (Lipinski definition) is 4. The second-order valence-corrected chi connectivity index (χ2v) is 5.55. The highest BCUT2D eigenvalue weighted by atomic mass is 32.1. The molecule has 0 saturated heterocycles. The van der Waals surface area contributed by atoms with Gasteiger partial charge in [0.2, 0.25) is 5.78 Å². The van der Waals surface area contributed by atoms with E-state index in [1.807, 2.05) is 0 Å². The number of benzene rings is 1. The fourth-order valence-corrected chi connectivity index (χ4v) is 2.73. The Kier molecular flexibility index (Phi) is 3.84. The summed E-state index contributed by atoms with van der Waals surface area (Å²) in [5.41, 5.74) is 0.408. The lowest BCUT2D eigenvalue weighted by molar-refractivity contribution is 0.103. The summed E-state index contributed by atoms with van der Waals surface area (Å²) in [6, 6.07) is 8.96. The molecule has 0 atom stereocenters. The van der Waals surface area contributed by atoms with Crippen molar-refractivity contribution in [3.8, 4) is 0 Å². The number of furan rings is 1. The third-order valence-electron chi connectivity index (χ3n) is 2.87. The maximum Gasteiger partial charge on any atom is 0.266 e. The number of nitrogens with one attached hydrogen (secondary N) is 1. The Morgan fingerprint density at radius 2 is 2.00 bits per heavy atom. The van der Waals surface area contributed by atoms with E-state index >= 15 is 0 Å². The lowest BCUT2D eigenvalue weighted by Gasteiger charge is -1.90. The van der Waals surface area contributed by atoms with Gasteiger partial charge in [-0.25, -0.2) is 4.39 Å². The number of hydrogen-bond donors (Lipinski definition) is 1. The normalized spacial score (nSPS) is 12.8. The van der Waals surface area contributed by atoms with Crippen molar-refractivity contribution < 1.29 is 13.6 Å². The van der Waals surface area contributed by atoms with Gasteiger partial charge in [0.25, 0.3) is 5.56 Å². The number of halogens is 1. The topological polar surface area (TPSA) is 63.1 Å². The van der Waals surface area contributed by atoms with Crippen LogP contribution in [-0.2, 0) is 0 Å². The fourth-order valence-electron chi connectivity index (χ4n) is 1.84. The van der Waals surface area contributed by atoms with Crippen LogP contribution in [0.5, 0.6) is 0 Å². The zero-order valence-electron chi connectivity index (χ0n) is 11.2. The quantitative estimate of drug-likeness (QED) is 0.748. The van der Waals surface area contributed by atoms with Crippen molar-refractivity contribution >= 4 is 29.3 Å². The average Bonchev–Trinajstić information content (AvgIpc) is 3.12. The monoisotopic (exact) mass is 315 g/mol. The zero-order valence-corrected chi connectivity index (χ0v) is 12.0. The van der Waals surface area contributed by atoms with Crippen molar-refractivity contribution in [1.82, 2.24) is 4.98 Å². The molecule has 0 bridgehead atoms. The number of carbonyl (C=O) groups is 1. The van der Waals surface area contributed by atoms with Crippen LogP contribution >= 0.6 is 11.3 Å². The van der Waals surface area contributed by atoms with Gasteiger partial charge in [0, 0.05) is 6.08 Å². The molecule has 0 unspecified atom stereocenters. The first-order valence-corrected chi connectivity index (χ1v) is 7.19. The number of H-pyrrole nitrogens is 1. The van der Waals surface area contributed by atoms with Crippen LogP contribution in [0.3, 0.4) is 0 Å². The van der Waals surface area contributed by atoms with Crippen molar-refractivity contribution in [2.45, 2.75) is 0 Å². The van der Waals surface area contributed by atoms with E-state index in [4.69, 9.17) is 4.42 Å². The predicted octanol–water partition coefficient (Wildman–Crippen LogP) is 1.66. The van der Waals surface area contributed by atoms with E-state index in [2.05, 4.69) is 4.98 Å². The first kappa shape index (κ1) is 14.2. The number of carbonyl (C=O) groups excluding carboxylic acids is 1. The summed E-state index contributed by atoms with van der Waals surface area (Å²) >= 11 is 1.15. The van der Waals surface area contributed by atoms with Crippen LogP contribution in [-0.4, -0.2) is 10.8 Å². The van der Waals surface area contributed by atoms with E-state index in [1.54, 1.807) is 30.3 Å². The summed E-state index contributed by atoms with van der Waals surface area (Å²) in [5, 5.41) is 0. The van der Waals surface area contributed by atoms with Gasteiger partial charge in [0.1, 0.15) is 5.82 Å². The summed E-state index contributed by atoms with van der Waals surface area (Å²) in [6.45, 7) is 0. The maximum absolute atomic E-state index is 12.9. The van der Waals surface area contributed by atoms with Gasteiger partial charge in [-0.2, -0.15) is 0 Å². The number of thiazole rings is 1. The summed E-state index contributed by atoms with van der Waals surface area (Å²) < 4.78 is 18.7. The van der Waals surface area contributed by atoms with E-state index in [1.165, 1.54) is 24.5 Å². The Labute approximate surface area is 127 Å². The Morgan fingerprint density at radius 1 is 1.23 bits per heavy atom. The van der Waals surface area contributed by atoms with E-state index in [9.17, 15) is 14.0 Å². The van der Waals surface area contributed by atoms with E-state index in [0.29, 0.717) is 14.8 Å². The Morgan fingerprint density at radius 3 is 2.68 bits per heavy atom. The maximum atomic E-state index is 12.9. The molecule has 0 aliphatic carbocycles. The minimum Gasteiger partial charge on any atom is -0.461 e. The molecule has 3 rings (SSSR count). The first-order chi connectivity index (χ1) is 10.6. The molecule has 22 heavy (non-hydrogen) atoms. The number of aromatic amines is 1. The molecule has 0 radical (unpaired) electrons. The van der Waals surface area contributed by atoms with Gasteiger partial charge in [-0.15, -0.1) is 11.3 Å². The Hall–Kier alpha value is -2.73. The van der Waals surface area contributed by atoms with Gasteiger partial charge in [-0.1, -0.05) is 12.1 Å². The smallest absolute Gasteiger partial charge is 0.266 e. The lowest BCUT2D eigenvalue weighted by Crippen LogP contribution is -2.19. The molecule has 0 aliphatic heterocycles. The van der Waals surface area contributed by atoms with Gasteiger partial charge in [0.15, 0.2) is 5.76 Å². The molecule has 0 amide bonds. The van der Waals surface area contributed by atoms with Gasteiger partial charge in [-0.05, 0) is 35.9 Å². The largest absolute Gasteiger partial charge is 0.461 e. The van der Waals surface area contributed by atoms with Crippen molar-refractivity contribution in [3.63, 3.8) is 0 Å². The molecule has 6 heteroatoms. The molecule has 2 heterocycles. The summed E-state index contributed by atoms with van der Waals surface area (Å²) in [7, 11) is 0. The van der Waals surface area contributed by atoms with Crippen molar-refractivity contribution in [2.75, 3.05) is 0 Å². The lowest BCUT2D eigenvalue weighted by atomic mass is 10.2. The molecule has 1 N–H and O–H groups in total. The number of aromatic nitrogens is 1. The number of rotatable bonds is 3. The highest BCUT2D eigenvalue weighted by Gasteiger charge is 2.05. The Balaban J connectivity index is 1.99. The van der Waals surface area contributed by atoms with Crippen LogP contribution in [0.2, 0.25) is 0 Å². The molecule has 110 valence electrons. The van der Waals surface area contributed by atoms with Gasteiger partial charge < -0.3 is 9.40 Å². The molecule has 3 aromatic rings. The van der Waals surface area contributed by atoms with Crippen LogP contribution < -0.4 is 14.8 Å². The van der Waals surface area contributed by atoms with E-state index in [-0.39, 0.29) is 22.9 Å². The van der Waals surface area contributed by atoms with Crippen LogP contribution in [0.15, 0.2) is 51.9 Å². The van der Waals surface area contributed by atoms with Gasteiger partial charge >= 0.3 is 0 Å². The highest BCUT2D eigenvalue weighted by molar-refractivity contribution is 7.07. The highest BCUT2D eigenvalue weighted by Crippen LogP contribution is 2.03. The standard InChI is InChI=1S/C16H10FNO3S/c17-11-5-3-10(4-6-11)8-14-16(20)18-15(22-14)9-12(19)13-2-1-7-21-13/h1-9H,(H,18,20)/b14-8+,15-9-. The molecular weight excluding hydrogens is 305 g/mol. The van der Waals surface area contributed by atoms with Crippen LogP contribution in [0.1, 0.15) is 16.1 Å².